The number of pyridine rings is 1. The predicted molar refractivity (Wildman–Crippen MR) is 60.6 cm³/mol. The highest BCUT2D eigenvalue weighted by atomic mass is 16.4. The number of rotatable bonds is 3. The summed E-state index contributed by atoms with van der Waals surface area (Å²) in [6.45, 7) is 4.72. The molecule has 1 aromatic rings. The van der Waals surface area contributed by atoms with Crippen molar-refractivity contribution < 1.29 is 9.90 Å². The molecule has 0 spiro atoms. The highest BCUT2D eigenvalue weighted by molar-refractivity contribution is 5.77. The summed E-state index contributed by atoms with van der Waals surface area (Å²) >= 11 is 0. The summed E-state index contributed by atoms with van der Waals surface area (Å²) in [5, 5.41) is 9.08. The van der Waals surface area contributed by atoms with Crippen LogP contribution in [0.1, 0.15) is 18.4 Å². The molecule has 84 valence electrons. The fourth-order valence-corrected chi connectivity index (χ4v) is 2.05. The van der Waals surface area contributed by atoms with E-state index in [0.717, 1.165) is 24.2 Å². The van der Waals surface area contributed by atoms with Crippen molar-refractivity contribution in [1.29, 1.82) is 0 Å². The molecule has 2 heterocycles. The first kappa shape index (κ1) is 10.7. The van der Waals surface area contributed by atoms with Gasteiger partial charge in [-0.05, 0) is 25.0 Å². The number of aliphatic carboxylic acids is 1. The van der Waals surface area contributed by atoms with Crippen molar-refractivity contribution in [3.63, 3.8) is 0 Å². The second-order valence-electron chi connectivity index (χ2n) is 3.88. The summed E-state index contributed by atoms with van der Waals surface area (Å²) in [7, 11) is 0. The standard InChI is InChI=1S/C12H14N2O2/c1-9(10-4-2-6-13-8-10)14-7-3-5-11(14)12(15)16/h2,4,6,8,11H,1,3,5,7H2,(H,15,16). The molecule has 4 heteroatoms. The molecule has 1 unspecified atom stereocenters. The van der Waals surface area contributed by atoms with Gasteiger partial charge in [0.1, 0.15) is 6.04 Å². The van der Waals surface area contributed by atoms with E-state index >= 15 is 0 Å². The van der Waals surface area contributed by atoms with Crippen LogP contribution in [-0.4, -0.2) is 33.5 Å². The van der Waals surface area contributed by atoms with Crippen molar-refractivity contribution in [1.82, 2.24) is 9.88 Å². The van der Waals surface area contributed by atoms with Crippen LogP contribution in [0.15, 0.2) is 31.1 Å². The zero-order valence-corrected chi connectivity index (χ0v) is 8.97. The molecule has 1 aliphatic rings. The van der Waals surface area contributed by atoms with Crippen LogP contribution in [0.3, 0.4) is 0 Å². The first-order valence-corrected chi connectivity index (χ1v) is 5.29. The molecule has 0 radical (unpaired) electrons. The van der Waals surface area contributed by atoms with E-state index in [0.29, 0.717) is 6.42 Å². The van der Waals surface area contributed by atoms with Gasteiger partial charge in [-0.3, -0.25) is 4.98 Å². The molecule has 0 aliphatic carbocycles. The van der Waals surface area contributed by atoms with E-state index < -0.39 is 12.0 Å². The summed E-state index contributed by atoms with van der Waals surface area (Å²) in [4.78, 5) is 16.9. The van der Waals surface area contributed by atoms with Crippen molar-refractivity contribution in [2.45, 2.75) is 18.9 Å². The normalized spacial score (nSPS) is 19.8. The Bertz CT molecular complexity index is 403. The number of carboxylic acids is 1. The smallest absolute Gasteiger partial charge is 0.326 e. The molecular weight excluding hydrogens is 204 g/mol. The molecule has 1 N–H and O–H groups in total. The minimum atomic E-state index is -0.775. The first-order valence-electron chi connectivity index (χ1n) is 5.29. The largest absolute Gasteiger partial charge is 0.480 e. The number of hydrogen-bond acceptors (Lipinski definition) is 3. The molecular formula is C12H14N2O2. The topological polar surface area (TPSA) is 53.4 Å². The third-order valence-electron chi connectivity index (χ3n) is 2.88. The van der Waals surface area contributed by atoms with Crippen molar-refractivity contribution >= 4 is 11.7 Å². The van der Waals surface area contributed by atoms with Gasteiger partial charge in [-0.2, -0.15) is 0 Å². The SMILES string of the molecule is C=C(c1cccnc1)N1CCCC1C(=O)O. The molecule has 1 aliphatic heterocycles. The summed E-state index contributed by atoms with van der Waals surface area (Å²) < 4.78 is 0. The van der Waals surface area contributed by atoms with Gasteiger partial charge in [0.05, 0.1) is 0 Å². The molecule has 1 fully saturated rings. The zero-order valence-electron chi connectivity index (χ0n) is 8.97. The number of likely N-dealkylation sites (tertiary alicyclic amines) is 1. The van der Waals surface area contributed by atoms with Crippen LogP contribution in [0, 0.1) is 0 Å². The summed E-state index contributed by atoms with van der Waals surface area (Å²) in [6.07, 6.45) is 4.99. The van der Waals surface area contributed by atoms with E-state index in [2.05, 4.69) is 11.6 Å². The molecule has 0 saturated carbocycles. The minimum Gasteiger partial charge on any atom is -0.480 e. The van der Waals surface area contributed by atoms with Gasteiger partial charge in [0.25, 0.3) is 0 Å². The van der Waals surface area contributed by atoms with Gasteiger partial charge < -0.3 is 10.0 Å². The maximum atomic E-state index is 11.0. The fraction of sp³-hybridized carbons (Fsp3) is 0.333. The van der Waals surface area contributed by atoms with Gasteiger partial charge in [-0.25, -0.2) is 4.79 Å². The van der Waals surface area contributed by atoms with Crippen LogP contribution in [-0.2, 0) is 4.79 Å². The lowest BCUT2D eigenvalue weighted by Crippen LogP contribution is -2.34. The molecule has 0 amide bonds. The molecule has 16 heavy (non-hydrogen) atoms. The average Bonchev–Trinajstić information content (AvgIpc) is 2.78. The van der Waals surface area contributed by atoms with Crippen molar-refractivity contribution in [2.75, 3.05) is 6.54 Å². The van der Waals surface area contributed by atoms with Gasteiger partial charge in [0, 0.05) is 30.2 Å². The molecule has 1 saturated heterocycles. The third-order valence-corrected chi connectivity index (χ3v) is 2.88. The van der Waals surface area contributed by atoms with Gasteiger partial charge in [0.15, 0.2) is 0 Å². The van der Waals surface area contributed by atoms with E-state index in [4.69, 9.17) is 5.11 Å². The van der Waals surface area contributed by atoms with E-state index in [1.165, 1.54) is 0 Å². The molecule has 1 aromatic heterocycles. The lowest BCUT2D eigenvalue weighted by Gasteiger charge is -2.25. The highest BCUT2D eigenvalue weighted by Crippen LogP contribution is 2.26. The maximum absolute atomic E-state index is 11.0. The lowest BCUT2D eigenvalue weighted by molar-refractivity contribution is -0.141. The Hall–Kier alpha value is -1.84. The van der Waals surface area contributed by atoms with Crippen LogP contribution in [0.2, 0.25) is 0 Å². The van der Waals surface area contributed by atoms with Crippen LogP contribution < -0.4 is 0 Å². The molecule has 4 nitrogen and oxygen atoms in total. The van der Waals surface area contributed by atoms with Gasteiger partial charge >= 0.3 is 5.97 Å². The monoisotopic (exact) mass is 218 g/mol. The number of nitrogens with zero attached hydrogens (tertiary/aromatic N) is 2. The molecule has 0 bridgehead atoms. The van der Waals surface area contributed by atoms with Crippen LogP contribution in [0.25, 0.3) is 5.70 Å². The number of carboxylic acid groups (broad SMARTS) is 1. The quantitative estimate of drug-likeness (QED) is 0.837. The minimum absolute atomic E-state index is 0.437. The van der Waals surface area contributed by atoms with Gasteiger partial charge in [0.2, 0.25) is 0 Å². The van der Waals surface area contributed by atoms with E-state index in [1.807, 2.05) is 17.0 Å². The van der Waals surface area contributed by atoms with Crippen molar-refractivity contribution in [2.24, 2.45) is 0 Å². The van der Waals surface area contributed by atoms with Gasteiger partial charge in [-0.15, -0.1) is 0 Å². The van der Waals surface area contributed by atoms with E-state index in [-0.39, 0.29) is 0 Å². The second-order valence-corrected chi connectivity index (χ2v) is 3.88. The molecule has 0 aromatic carbocycles. The average molecular weight is 218 g/mol. The Kier molecular flexibility index (Phi) is 2.90. The molecule has 2 rings (SSSR count). The Morgan fingerprint density at radius 1 is 1.62 bits per heavy atom. The van der Waals surface area contributed by atoms with E-state index in [1.54, 1.807) is 12.4 Å². The van der Waals surface area contributed by atoms with Crippen molar-refractivity contribution in [3.8, 4) is 0 Å². The Balaban J connectivity index is 2.19. The van der Waals surface area contributed by atoms with Crippen LogP contribution >= 0.6 is 0 Å². The van der Waals surface area contributed by atoms with Crippen molar-refractivity contribution in [3.05, 3.63) is 36.7 Å². The number of carbonyl (C=O) groups is 1. The Morgan fingerprint density at radius 2 is 2.44 bits per heavy atom. The summed E-state index contributed by atoms with van der Waals surface area (Å²) in [5.74, 6) is -0.775. The Morgan fingerprint density at radius 3 is 3.06 bits per heavy atom. The number of hydrogen-bond donors (Lipinski definition) is 1. The lowest BCUT2D eigenvalue weighted by atomic mass is 10.1. The highest BCUT2D eigenvalue weighted by Gasteiger charge is 2.31. The van der Waals surface area contributed by atoms with Gasteiger partial charge in [-0.1, -0.05) is 6.58 Å². The Labute approximate surface area is 94.2 Å². The zero-order chi connectivity index (χ0) is 11.5. The third kappa shape index (κ3) is 1.91. The number of aromatic nitrogens is 1. The maximum Gasteiger partial charge on any atom is 0.326 e. The summed E-state index contributed by atoms with van der Waals surface area (Å²) in [6, 6.07) is 3.28. The van der Waals surface area contributed by atoms with Crippen LogP contribution in [0.5, 0.6) is 0 Å². The fourth-order valence-electron chi connectivity index (χ4n) is 2.05. The first-order chi connectivity index (χ1) is 7.70. The van der Waals surface area contributed by atoms with E-state index in [9.17, 15) is 4.79 Å². The predicted octanol–water partition coefficient (Wildman–Crippen LogP) is 1.60. The van der Waals surface area contributed by atoms with Crippen LogP contribution in [0.4, 0.5) is 0 Å². The molecule has 1 atom stereocenters. The summed E-state index contributed by atoms with van der Waals surface area (Å²) in [5.41, 5.74) is 1.63. The second kappa shape index (κ2) is 4.35.